The number of amides is 1. The number of nitrogens with one attached hydrogen (secondary N) is 2. The normalized spacial score (nSPS) is 12.1. The van der Waals surface area contributed by atoms with Gasteiger partial charge in [-0.3, -0.25) is 4.79 Å². The maximum Gasteiger partial charge on any atom is 0.221 e. The molecule has 1 heterocycles. The summed E-state index contributed by atoms with van der Waals surface area (Å²) in [5.74, 6) is -0.0379. The van der Waals surface area contributed by atoms with Crippen molar-refractivity contribution in [3.05, 3.63) is 52.2 Å². The molecule has 2 aromatic rings. The quantitative estimate of drug-likeness (QED) is 0.855. The molecule has 1 amide bonds. The van der Waals surface area contributed by atoms with Crippen LogP contribution in [0.25, 0.3) is 0 Å². The molecule has 0 radical (unpaired) electrons. The molecule has 0 saturated carbocycles. The third-order valence-electron chi connectivity index (χ3n) is 3.06. The molecular weight excluding hydrogens is 268 g/mol. The van der Waals surface area contributed by atoms with Crippen LogP contribution < -0.4 is 10.6 Å². The Hall–Kier alpha value is -1.65. The molecule has 3 nitrogen and oxygen atoms in total. The molecule has 0 spiro atoms. The lowest BCUT2D eigenvalue weighted by Crippen LogP contribution is -2.27. The highest BCUT2D eigenvalue weighted by molar-refractivity contribution is 7.09. The van der Waals surface area contributed by atoms with Gasteiger partial charge in [-0.1, -0.05) is 24.3 Å². The molecule has 1 aromatic heterocycles. The Morgan fingerprint density at radius 3 is 2.75 bits per heavy atom. The van der Waals surface area contributed by atoms with Crippen molar-refractivity contribution in [3.8, 4) is 0 Å². The SMILES string of the molecule is CC(=O)Nc1ccccc1CNC(C)Cc1cccs1. The summed E-state index contributed by atoms with van der Waals surface area (Å²) in [4.78, 5) is 12.6. The largest absolute Gasteiger partial charge is 0.326 e. The Bertz CT molecular complexity index is 551. The summed E-state index contributed by atoms with van der Waals surface area (Å²) in [6.07, 6.45) is 1.03. The fourth-order valence-corrected chi connectivity index (χ4v) is 2.91. The summed E-state index contributed by atoms with van der Waals surface area (Å²) >= 11 is 1.79. The number of benzene rings is 1. The molecule has 0 aliphatic heterocycles. The van der Waals surface area contributed by atoms with Crippen molar-refractivity contribution in [3.63, 3.8) is 0 Å². The fraction of sp³-hybridized carbons (Fsp3) is 0.312. The highest BCUT2D eigenvalue weighted by Crippen LogP contribution is 2.16. The van der Waals surface area contributed by atoms with Gasteiger partial charge in [0.05, 0.1) is 0 Å². The highest BCUT2D eigenvalue weighted by atomic mass is 32.1. The second-order valence-corrected chi connectivity index (χ2v) is 5.94. The third-order valence-corrected chi connectivity index (χ3v) is 3.96. The van der Waals surface area contributed by atoms with Crippen LogP contribution in [0.4, 0.5) is 5.69 Å². The lowest BCUT2D eigenvalue weighted by Gasteiger charge is -2.15. The number of carbonyl (C=O) groups excluding carboxylic acids is 1. The molecule has 0 aliphatic carbocycles. The van der Waals surface area contributed by atoms with Crippen LogP contribution >= 0.6 is 11.3 Å². The molecule has 4 heteroatoms. The standard InChI is InChI=1S/C16H20N2OS/c1-12(10-15-7-5-9-20-15)17-11-14-6-3-4-8-16(14)18-13(2)19/h3-9,12,17H,10-11H2,1-2H3,(H,18,19). The third kappa shape index (κ3) is 4.47. The van der Waals surface area contributed by atoms with E-state index < -0.39 is 0 Å². The molecule has 0 aliphatic rings. The summed E-state index contributed by atoms with van der Waals surface area (Å²) in [5, 5.41) is 8.48. The van der Waals surface area contributed by atoms with Gasteiger partial charge in [-0.15, -0.1) is 11.3 Å². The van der Waals surface area contributed by atoms with Crippen LogP contribution in [0.15, 0.2) is 41.8 Å². The van der Waals surface area contributed by atoms with Gasteiger partial charge in [0.25, 0.3) is 0 Å². The number of para-hydroxylation sites is 1. The summed E-state index contributed by atoms with van der Waals surface area (Å²) in [7, 11) is 0. The highest BCUT2D eigenvalue weighted by Gasteiger charge is 2.07. The van der Waals surface area contributed by atoms with E-state index in [-0.39, 0.29) is 5.91 Å². The van der Waals surface area contributed by atoms with Crippen molar-refractivity contribution in [2.75, 3.05) is 5.32 Å². The minimum Gasteiger partial charge on any atom is -0.326 e. The topological polar surface area (TPSA) is 41.1 Å². The Kier molecular flexibility index (Phi) is 5.32. The predicted octanol–water partition coefficient (Wildman–Crippen LogP) is 3.43. The van der Waals surface area contributed by atoms with Gasteiger partial charge in [0.1, 0.15) is 0 Å². The fourth-order valence-electron chi connectivity index (χ4n) is 2.07. The van der Waals surface area contributed by atoms with Crippen LogP contribution in [0.3, 0.4) is 0 Å². The monoisotopic (exact) mass is 288 g/mol. The van der Waals surface area contributed by atoms with Crippen molar-refractivity contribution in [2.24, 2.45) is 0 Å². The molecule has 0 fully saturated rings. The Labute approximate surface area is 124 Å². The zero-order valence-electron chi connectivity index (χ0n) is 11.8. The van der Waals surface area contributed by atoms with E-state index in [1.807, 2.05) is 24.3 Å². The van der Waals surface area contributed by atoms with Crippen LogP contribution in [-0.4, -0.2) is 11.9 Å². The van der Waals surface area contributed by atoms with E-state index in [4.69, 9.17) is 0 Å². The van der Waals surface area contributed by atoms with Crippen LogP contribution in [-0.2, 0) is 17.8 Å². The van der Waals surface area contributed by atoms with Gasteiger partial charge in [-0.2, -0.15) is 0 Å². The minimum absolute atomic E-state index is 0.0379. The van der Waals surface area contributed by atoms with Crippen LogP contribution in [0.1, 0.15) is 24.3 Å². The molecule has 1 aromatic carbocycles. The van der Waals surface area contributed by atoms with E-state index in [2.05, 4.69) is 35.1 Å². The first-order chi connectivity index (χ1) is 9.65. The van der Waals surface area contributed by atoms with E-state index in [0.29, 0.717) is 6.04 Å². The molecule has 106 valence electrons. The van der Waals surface area contributed by atoms with Crippen molar-refractivity contribution < 1.29 is 4.79 Å². The smallest absolute Gasteiger partial charge is 0.221 e. The van der Waals surface area contributed by atoms with Crippen molar-refractivity contribution in [2.45, 2.75) is 32.9 Å². The molecule has 0 saturated heterocycles. The lowest BCUT2D eigenvalue weighted by atomic mass is 10.1. The molecule has 20 heavy (non-hydrogen) atoms. The number of carbonyl (C=O) groups is 1. The number of hydrogen-bond donors (Lipinski definition) is 2. The average molecular weight is 288 g/mol. The predicted molar refractivity (Wildman–Crippen MR) is 85.1 cm³/mol. The molecule has 2 rings (SSSR count). The van der Waals surface area contributed by atoms with Gasteiger partial charge in [0.15, 0.2) is 0 Å². The van der Waals surface area contributed by atoms with Gasteiger partial charge in [-0.25, -0.2) is 0 Å². The average Bonchev–Trinajstić information content (AvgIpc) is 2.90. The second-order valence-electron chi connectivity index (χ2n) is 4.90. The Balaban J connectivity index is 1.91. The summed E-state index contributed by atoms with van der Waals surface area (Å²) in [5.41, 5.74) is 2.00. The maximum atomic E-state index is 11.2. The van der Waals surface area contributed by atoms with Gasteiger partial charge < -0.3 is 10.6 Å². The molecular formula is C16H20N2OS. The van der Waals surface area contributed by atoms with Crippen LogP contribution in [0.5, 0.6) is 0 Å². The first kappa shape index (κ1) is 14.8. The zero-order chi connectivity index (χ0) is 14.4. The van der Waals surface area contributed by atoms with Crippen molar-refractivity contribution in [1.82, 2.24) is 5.32 Å². The maximum absolute atomic E-state index is 11.2. The van der Waals surface area contributed by atoms with Gasteiger partial charge >= 0.3 is 0 Å². The molecule has 1 atom stereocenters. The zero-order valence-corrected chi connectivity index (χ0v) is 12.7. The number of anilines is 1. The van der Waals surface area contributed by atoms with Crippen molar-refractivity contribution in [1.29, 1.82) is 0 Å². The summed E-state index contributed by atoms with van der Waals surface area (Å²) in [6.45, 7) is 4.47. The lowest BCUT2D eigenvalue weighted by molar-refractivity contribution is -0.114. The van der Waals surface area contributed by atoms with Crippen molar-refractivity contribution >= 4 is 22.9 Å². The summed E-state index contributed by atoms with van der Waals surface area (Å²) < 4.78 is 0. The van der Waals surface area contributed by atoms with E-state index in [0.717, 1.165) is 24.2 Å². The number of rotatable bonds is 6. The van der Waals surface area contributed by atoms with Gasteiger partial charge in [-0.05, 0) is 36.4 Å². The molecule has 2 N–H and O–H groups in total. The number of thiophene rings is 1. The van der Waals surface area contributed by atoms with E-state index in [1.165, 1.54) is 11.8 Å². The van der Waals surface area contributed by atoms with E-state index in [9.17, 15) is 4.79 Å². The van der Waals surface area contributed by atoms with Crippen LogP contribution in [0.2, 0.25) is 0 Å². The Morgan fingerprint density at radius 2 is 2.05 bits per heavy atom. The Morgan fingerprint density at radius 1 is 1.25 bits per heavy atom. The van der Waals surface area contributed by atoms with E-state index >= 15 is 0 Å². The van der Waals surface area contributed by atoms with Gasteiger partial charge in [0.2, 0.25) is 5.91 Å². The number of hydrogen-bond acceptors (Lipinski definition) is 3. The summed E-state index contributed by atoms with van der Waals surface area (Å²) in [6, 6.07) is 12.5. The molecule has 1 unspecified atom stereocenters. The van der Waals surface area contributed by atoms with Crippen LogP contribution in [0, 0.1) is 0 Å². The van der Waals surface area contributed by atoms with Gasteiger partial charge in [0, 0.05) is 30.1 Å². The first-order valence-corrected chi connectivity index (χ1v) is 7.64. The van der Waals surface area contributed by atoms with E-state index in [1.54, 1.807) is 11.3 Å². The minimum atomic E-state index is -0.0379. The second kappa shape index (κ2) is 7.22. The first-order valence-electron chi connectivity index (χ1n) is 6.76. The molecule has 0 bridgehead atoms.